The Labute approximate surface area is 180 Å². The van der Waals surface area contributed by atoms with Crippen molar-refractivity contribution in [2.45, 2.75) is 96.8 Å². The van der Waals surface area contributed by atoms with Crippen LogP contribution >= 0.6 is 0 Å². The smallest absolute Gasteiger partial charge is 0.359 e. The second kappa shape index (κ2) is 20.6. The predicted molar refractivity (Wildman–Crippen MR) is 121 cm³/mol. The molecule has 0 aliphatic rings. The summed E-state index contributed by atoms with van der Waals surface area (Å²) in [4.78, 5) is 10.7. The number of nitrogens with zero attached hydrogens (tertiary/aromatic N) is 1. The van der Waals surface area contributed by atoms with Crippen molar-refractivity contribution in [2.75, 3.05) is 53.6 Å². The molecule has 0 aromatic heterocycles. The van der Waals surface area contributed by atoms with Crippen molar-refractivity contribution in [3.05, 3.63) is 0 Å². The van der Waals surface area contributed by atoms with E-state index >= 15 is 0 Å². The molecule has 0 atom stereocenters. The van der Waals surface area contributed by atoms with Crippen LogP contribution in [0.25, 0.3) is 0 Å². The minimum atomic E-state index is -0.772. The van der Waals surface area contributed by atoms with Gasteiger partial charge in [-0.05, 0) is 6.42 Å². The van der Waals surface area contributed by atoms with Crippen molar-refractivity contribution in [3.8, 4) is 0 Å². The molecule has 0 heterocycles. The van der Waals surface area contributed by atoms with Crippen LogP contribution in [0.1, 0.15) is 96.8 Å². The molecule has 0 spiro atoms. The summed E-state index contributed by atoms with van der Waals surface area (Å²) < 4.78 is 11.6. The van der Waals surface area contributed by atoms with Gasteiger partial charge in [0.2, 0.25) is 0 Å². The van der Waals surface area contributed by atoms with Gasteiger partial charge in [0.15, 0.2) is 6.54 Å². The zero-order chi connectivity index (χ0) is 21.6. The lowest BCUT2D eigenvalue weighted by Crippen LogP contribution is -2.46. The number of carbonyl (C=O) groups is 1. The topological polar surface area (TPSA) is 55.8 Å². The van der Waals surface area contributed by atoms with Crippen molar-refractivity contribution in [1.29, 1.82) is 0 Å². The Bertz CT molecular complexity index is 361. The summed E-state index contributed by atoms with van der Waals surface area (Å²) in [6.07, 6.45) is 19.2. The number of hydrogen-bond donors (Lipinski definition) is 1. The third-order valence-electron chi connectivity index (χ3n) is 5.42. The maximum absolute atomic E-state index is 10.7. The average molecular weight is 417 g/mol. The van der Waals surface area contributed by atoms with E-state index in [4.69, 9.17) is 14.6 Å². The van der Waals surface area contributed by atoms with Gasteiger partial charge in [-0.2, -0.15) is 0 Å². The summed E-state index contributed by atoms with van der Waals surface area (Å²) in [5.74, 6) is -0.772. The third kappa shape index (κ3) is 23.5. The van der Waals surface area contributed by atoms with E-state index in [2.05, 4.69) is 6.92 Å². The van der Waals surface area contributed by atoms with Crippen molar-refractivity contribution >= 4 is 5.97 Å². The minimum absolute atomic E-state index is 0.124. The number of unbranched alkanes of at least 4 members (excludes halogenated alkanes) is 13. The van der Waals surface area contributed by atoms with Gasteiger partial charge in [0, 0.05) is 6.61 Å². The average Bonchev–Trinajstić information content (AvgIpc) is 2.65. The molecule has 0 fully saturated rings. The highest BCUT2D eigenvalue weighted by atomic mass is 16.5. The third-order valence-corrected chi connectivity index (χ3v) is 5.42. The van der Waals surface area contributed by atoms with E-state index in [9.17, 15) is 4.79 Å². The summed E-state index contributed by atoms with van der Waals surface area (Å²) in [7, 11) is 3.81. The maximum Gasteiger partial charge on any atom is 0.359 e. The number of rotatable bonds is 23. The summed E-state index contributed by atoms with van der Waals surface area (Å²) in [6, 6.07) is 0. The maximum atomic E-state index is 10.7. The molecule has 0 radical (unpaired) electrons. The molecule has 0 aliphatic carbocycles. The van der Waals surface area contributed by atoms with Gasteiger partial charge in [-0.25, -0.2) is 4.79 Å². The van der Waals surface area contributed by atoms with Gasteiger partial charge in [0.05, 0.1) is 33.9 Å². The van der Waals surface area contributed by atoms with Crippen LogP contribution < -0.4 is 0 Å². The van der Waals surface area contributed by atoms with Crippen LogP contribution in [0, 0.1) is 0 Å². The Balaban J connectivity index is 3.14. The molecule has 0 amide bonds. The van der Waals surface area contributed by atoms with E-state index in [1.54, 1.807) is 0 Å². The van der Waals surface area contributed by atoms with E-state index in [0.717, 1.165) is 13.0 Å². The molecule has 5 nitrogen and oxygen atoms in total. The van der Waals surface area contributed by atoms with Gasteiger partial charge in [0.1, 0.15) is 6.54 Å². The Morgan fingerprint density at radius 3 is 1.52 bits per heavy atom. The first-order valence-corrected chi connectivity index (χ1v) is 12.2. The molecular weight excluding hydrogens is 366 g/mol. The second-order valence-electron chi connectivity index (χ2n) is 9.03. The van der Waals surface area contributed by atoms with E-state index in [1.165, 1.54) is 83.5 Å². The van der Waals surface area contributed by atoms with Crippen molar-refractivity contribution in [2.24, 2.45) is 0 Å². The Morgan fingerprint density at radius 1 is 0.655 bits per heavy atom. The number of hydrogen-bond acceptors (Lipinski definition) is 3. The van der Waals surface area contributed by atoms with Crippen molar-refractivity contribution in [1.82, 2.24) is 0 Å². The van der Waals surface area contributed by atoms with E-state index < -0.39 is 5.97 Å². The highest BCUT2D eigenvalue weighted by Crippen LogP contribution is 2.12. The fraction of sp³-hybridized carbons (Fsp3) is 0.958. The molecule has 0 bridgehead atoms. The molecule has 174 valence electrons. The highest BCUT2D eigenvalue weighted by Gasteiger charge is 2.18. The summed E-state index contributed by atoms with van der Waals surface area (Å²) in [6.45, 7) is 5.71. The monoisotopic (exact) mass is 416 g/mol. The van der Waals surface area contributed by atoms with Gasteiger partial charge in [-0.3, -0.25) is 0 Å². The molecule has 29 heavy (non-hydrogen) atoms. The zero-order valence-electron chi connectivity index (χ0n) is 19.8. The first-order chi connectivity index (χ1) is 14.0. The van der Waals surface area contributed by atoms with Crippen molar-refractivity contribution in [3.63, 3.8) is 0 Å². The Morgan fingerprint density at radius 2 is 1.07 bits per heavy atom. The lowest BCUT2D eigenvalue weighted by molar-refractivity contribution is -0.883. The predicted octanol–water partition coefficient (Wildman–Crippen LogP) is 5.66. The van der Waals surface area contributed by atoms with Gasteiger partial charge in [-0.1, -0.05) is 90.4 Å². The summed E-state index contributed by atoms with van der Waals surface area (Å²) in [5.41, 5.74) is 0. The Kier molecular flexibility index (Phi) is 20.2. The molecule has 0 aromatic carbocycles. The van der Waals surface area contributed by atoms with Crippen molar-refractivity contribution < 1.29 is 23.9 Å². The number of quaternary nitrogens is 1. The fourth-order valence-corrected chi connectivity index (χ4v) is 3.48. The number of aliphatic carboxylic acids is 1. The van der Waals surface area contributed by atoms with Crippen LogP contribution in [0.4, 0.5) is 0 Å². The highest BCUT2D eigenvalue weighted by molar-refractivity contribution is 5.67. The van der Waals surface area contributed by atoms with E-state index in [-0.39, 0.29) is 6.54 Å². The molecular formula is C24H50NO4+. The lowest BCUT2D eigenvalue weighted by Gasteiger charge is -2.27. The SMILES string of the molecule is CCCCCCCCCCCCCCCCOCCOCC[N+](C)(C)CC(=O)O. The fourth-order valence-electron chi connectivity index (χ4n) is 3.48. The van der Waals surface area contributed by atoms with Crippen LogP contribution in [0.3, 0.4) is 0 Å². The van der Waals surface area contributed by atoms with Crippen LogP contribution in [-0.4, -0.2) is 69.2 Å². The quantitative estimate of drug-likeness (QED) is 0.172. The Hall–Kier alpha value is -0.650. The van der Waals surface area contributed by atoms with Gasteiger partial charge < -0.3 is 19.1 Å². The van der Waals surface area contributed by atoms with E-state index in [1.807, 2.05) is 14.1 Å². The molecule has 0 unspecified atom stereocenters. The molecule has 5 heteroatoms. The molecule has 1 N–H and O–H groups in total. The second-order valence-corrected chi connectivity index (χ2v) is 9.03. The first kappa shape index (κ1) is 28.4. The summed E-state index contributed by atoms with van der Waals surface area (Å²) in [5, 5.41) is 8.84. The molecule has 0 saturated heterocycles. The molecule has 0 saturated carbocycles. The van der Waals surface area contributed by atoms with Crippen LogP contribution in [0.5, 0.6) is 0 Å². The minimum Gasteiger partial charge on any atom is -0.477 e. The largest absolute Gasteiger partial charge is 0.477 e. The van der Waals surface area contributed by atoms with Crippen LogP contribution in [-0.2, 0) is 14.3 Å². The van der Waals surface area contributed by atoms with Gasteiger partial charge in [0.25, 0.3) is 0 Å². The van der Waals surface area contributed by atoms with E-state index in [0.29, 0.717) is 30.8 Å². The number of ether oxygens (including phenoxy) is 2. The molecule has 0 aliphatic heterocycles. The zero-order valence-corrected chi connectivity index (χ0v) is 19.8. The van der Waals surface area contributed by atoms with Crippen LogP contribution in [0.15, 0.2) is 0 Å². The van der Waals surface area contributed by atoms with Gasteiger partial charge in [-0.15, -0.1) is 0 Å². The first-order valence-electron chi connectivity index (χ1n) is 12.2. The van der Waals surface area contributed by atoms with Gasteiger partial charge >= 0.3 is 5.97 Å². The standard InChI is InChI=1S/C24H49NO4/c1-4-5-6-7-8-9-10-11-12-13-14-15-16-17-19-28-21-22-29-20-18-25(2,3)23-24(26)27/h4-23H2,1-3H3/p+1. The molecule has 0 rings (SSSR count). The normalized spacial score (nSPS) is 11.8. The number of likely N-dealkylation sites (N-methyl/N-ethyl adjacent to an activating group) is 1. The summed E-state index contributed by atoms with van der Waals surface area (Å²) >= 11 is 0. The molecule has 0 aromatic rings. The lowest BCUT2D eigenvalue weighted by atomic mass is 10.0. The number of carboxylic acid groups (broad SMARTS) is 1. The number of carboxylic acids is 1. The van der Waals surface area contributed by atoms with Crippen LogP contribution in [0.2, 0.25) is 0 Å².